The topological polar surface area (TPSA) is 94.6 Å². The van der Waals surface area contributed by atoms with Crippen molar-refractivity contribution in [2.75, 3.05) is 7.05 Å². The van der Waals surface area contributed by atoms with Crippen LogP contribution in [0.25, 0.3) is 0 Å². The first-order valence-corrected chi connectivity index (χ1v) is 7.98. The molecule has 9 heteroatoms. The van der Waals surface area contributed by atoms with Gasteiger partial charge in [-0.25, -0.2) is 4.68 Å². The van der Waals surface area contributed by atoms with Gasteiger partial charge in [0.25, 0.3) is 5.91 Å². The number of benzene rings is 1. The highest BCUT2D eigenvalue weighted by molar-refractivity contribution is 5.83. The lowest BCUT2D eigenvalue weighted by Crippen LogP contribution is -2.35. The second kappa shape index (κ2) is 7.20. The zero-order chi connectivity index (χ0) is 17.8. The van der Waals surface area contributed by atoms with E-state index in [9.17, 15) is 4.79 Å². The number of carbonyl (C=O) groups is 1. The molecule has 0 N–H and O–H groups in total. The zero-order valence-electron chi connectivity index (χ0n) is 14.4. The summed E-state index contributed by atoms with van der Waals surface area (Å²) < 4.78 is 3.40. The molecule has 3 aromatic rings. The Kier molecular flexibility index (Phi) is 4.82. The Hall–Kier alpha value is -3.10. The molecule has 9 nitrogen and oxygen atoms in total. The van der Waals surface area contributed by atoms with Gasteiger partial charge in [0.15, 0.2) is 11.9 Å². The third kappa shape index (κ3) is 3.54. The highest BCUT2D eigenvalue weighted by Gasteiger charge is 2.27. The highest BCUT2D eigenvalue weighted by Crippen LogP contribution is 2.20. The van der Waals surface area contributed by atoms with E-state index < -0.39 is 6.04 Å². The Morgan fingerprint density at radius 1 is 1.16 bits per heavy atom. The normalized spacial score (nSPS) is 12.3. The number of aromatic nitrogens is 7. The number of tetrazole rings is 1. The van der Waals surface area contributed by atoms with E-state index in [1.807, 2.05) is 48.7 Å². The molecular formula is C16H20N8O. The first kappa shape index (κ1) is 16.7. The monoisotopic (exact) mass is 340 g/mol. The summed E-state index contributed by atoms with van der Waals surface area (Å²) in [6, 6.07) is 9.03. The molecule has 0 fully saturated rings. The lowest BCUT2D eigenvalue weighted by Gasteiger charge is -2.24. The molecule has 1 amide bonds. The van der Waals surface area contributed by atoms with Gasteiger partial charge in [0.05, 0.1) is 6.54 Å². The minimum Gasteiger partial charge on any atom is -0.336 e. The average Bonchev–Trinajstić information content (AvgIpc) is 3.28. The maximum absolute atomic E-state index is 13.1. The third-order valence-electron chi connectivity index (χ3n) is 3.94. The second-order valence-electron chi connectivity index (χ2n) is 6.05. The fourth-order valence-corrected chi connectivity index (χ4v) is 2.64. The van der Waals surface area contributed by atoms with Crippen LogP contribution in [-0.4, -0.2) is 52.8 Å². The highest BCUT2D eigenvalue weighted by atomic mass is 16.2. The molecule has 2 heterocycles. The zero-order valence-corrected chi connectivity index (χ0v) is 14.4. The van der Waals surface area contributed by atoms with E-state index in [2.05, 4.69) is 25.7 Å². The van der Waals surface area contributed by atoms with Crippen LogP contribution in [0, 0.1) is 0 Å². The number of rotatable bonds is 6. The van der Waals surface area contributed by atoms with Crippen molar-refractivity contribution in [1.29, 1.82) is 0 Å². The van der Waals surface area contributed by atoms with Crippen LogP contribution in [0.1, 0.15) is 37.3 Å². The number of likely N-dealkylation sites (N-methyl/N-ethyl adjacent to an activating group) is 1. The van der Waals surface area contributed by atoms with Gasteiger partial charge in [-0.3, -0.25) is 4.79 Å². The summed E-state index contributed by atoms with van der Waals surface area (Å²) in [5.74, 6) is 0.603. The molecule has 130 valence electrons. The molecule has 1 unspecified atom stereocenters. The molecule has 0 bridgehead atoms. The summed E-state index contributed by atoms with van der Waals surface area (Å²) in [7, 11) is 1.74. The van der Waals surface area contributed by atoms with Crippen LogP contribution in [0.15, 0.2) is 43.0 Å². The summed E-state index contributed by atoms with van der Waals surface area (Å²) in [6.07, 6.45) is 3.12. The van der Waals surface area contributed by atoms with Crippen molar-refractivity contribution in [1.82, 2.24) is 39.9 Å². The van der Waals surface area contributed by atoms with Crippen LogP contribution in [0.4, 0.5) is 0 Å². The van der Waals surface area contributed by atoms with Gasteiger partial charge in [-0.2, -0.15) is 0 Å². The second-order valence-corrected chi connectivity index (χ2v) is 6.05. The lowest BCUT2D eigenvalue weighted by molar-refractivity contribution is -0.133. The van der Waals surface area contributed by atoms with Gasteiger partial charge in [0.1, 0.15) is 12.7 Å². The van der Waals surface area contributed by atoms with E-state index >= 15 is 0 Å². The molecule has 0 radical (unpaired) electrons. The first-order valence-electron chi connectivity index (χ1n) is 7.98. The van der Waals surface area contributed by atoms with Crippen LogP contribution in [-0.2, 0) is 11.3 Å². The molecule has 25 heavy (non-hydrogen) atoms. The number of hydrogen-bond acceptors (Lipinski definition) is 6. The molecule has 1 atom stereocenters. The molecule has 0 saturated heterocycles. The van der Waals surface area contributed by atoms with Gasteiger partial charge >= 0.3 is 0 Å². The third-order valence-corrected chi connectivity index (χ3v) is 3.94. The molecule has 0 aliphatic rings. The van der Waals surface area contributed by atoms with Crippen molar-refractivity contribution < 1.29 is 4.79 Å². The number of nitrogens with zero attached hydrogens (tertiary/aromatic N) is 8. The average molecular weight is 340 g/mol. The molecule has 1 aromatic carbocycles. The van der Waals surface area contributed by atoms with Crippen LogP contribution in [0.2, 0.25) is 0 Å². The summed E-state index contributed by atoms with van der Waals surface area (Å²) in [5.41, 5.74) is 0.817. The van der Waals surface area contributed by atoms with E-state index in [0.29, 0.717) is 6.54 Å². The fourth-order valence-electron chi connectivity index (χ4n) is 2.64. The molecule has 0 saturated carbocycles. The van der Waals surface area contributed by atoms with Crippen LogP contribution in [0.5, 0.6) is 0 Å². The summed E-state index contributed by atoms with van der Waals surface area (Å²) in [4.78, 5) is 14.7. The Morgan fingerprint density at radius 2 is 1.92 bits per heavy atom. The predicted octanol–water partition coefficient (Wildman–Crippen LogP) is 1.09. The number of carbonyl (C=O) groups excluding carboxylic acids is 1. The van der Waals surface area contributed by atoms with E-state index in [1.54, 1.807) is 18.3 Å². The minimum absolute atomic E-state index is 0.128. The maximum atomic E-state index is 13.1. The van der Waals surface area contributed by atoms with Crippen LogP contribution >= 0.6 is 0 Å². The van der Waals surface area contributed by atoms with Crippen LogP contribution < -0.4 is 0 Å². The Labute approximate surface area is 145 Å². The minimum atomic E-state index is -0.628. The Balaban J connectivity index is 1.86. The molecule has 0 aliphatic heterocycles. The van der Waals surface area contributed by atoms with E-state index in [1.165, 1.54) is 11.0 Å². The van der Waals surface area contributed by atoms with Crippen molar-refractivity contribution in [3.8, 4) is 0 Å². The van der Waals surface area contributed by atoms with Crippen molar-refractivity contribution in [3.05, 3.63) is 54.4 Å². The van der Waals surface area contributed by atoms with Crippen molar-refractivity contribution in [2.24, 2.45) is 0 Å². The quantitative estimate of drug-likeness (QED) is 0.667. The van der Waals surface area contributed by atoms with Crippen molar-refractivity contribution in [3.63, 3.8) is 0 Å². The molecular weight excluding hydrogens is 320 g/mol. The van der Waals surface area contributed by atoms with Crippen LogP contribution in [0.3, 0.4) is 0 Å². The van der Waals surface area contributed by atoms with Crippen molar-refractivity contribution in [2.45, 2.75) is 32.5 Å². The van der Waals surface area contributed by atoms with Gasteiger partial charge in [-0.1, -0.05) is 30.3 Å². The largest absolute Gasteiger partial charge is 0.336 e. The SMILES string of the molecule is CC(C)n1cnnc1CN(C)C(=O)C(c1ccccc1)n1cnnn1. The van der Waals surface area contributed by atoms with Gasteiger partial charge in [0, 0.05) is 13.1 Å². The van der Waals surface area contributed by atoms with Gasteiger partial charge in [-0.15, -0.1) is 15.3 Å². The van der Waals surface area contributed by atoms with E-state index in [-0.39, 0.29) is 11.9 Å². The van der Waals surface area contributed by atoms with Gasteiger partial charge in [0.2, 0.25) is 0 Å². The predicted molar refractivity (Wildman–Crippen MR) is 89.3 cm³/mol. The summed E-state index contributed by atoms with van der Waals surface area (Å²) >= 11 is 0. The molecule has 2 aromatic heterocycles. The molecule has 0 spiro atoms. The van der Waals surface area contributed by atoms with Gasteiger partial charge in [-0.05, 0) is 29.8 Å². The standard InChI is InChI=1S/C16H20N8O/c1-12(2)23-10-17-19-14(23)9-22(3)16(25)15(24-11-18-20-21-24)13-7-5-4-6-8-13/h4-8,10-12,15H,9H2,1-3H3. The Morgan fingerprint density at radius 3 is 2.56 bits per heavy atom. The van der Waals surface area contributed by atoms with E-state index in [0.717, 1.165) is 11.4 Å². The molecule has 3 rings (SSSR count). The van der Waals surface area contributed by atoms with E-state index in [4.69, 9.17) is 0 Å². The summed E-state index contributed by atoms with van der Waals surface area (Å²) in [5, 5.41) is 19.3. The maximum Gasteiger partial charge on any atom is 0.252 e. The van der Waals surface area contributed by atoms with Crippen molar-refractivity contribution >= 4 is 5.91 Å². The smallest absolute Gasteiger partial charge is 0.252 e. The number of hydrogen-bond donors (Lipinski definition) is 0. The summed E-state index contributed by atoms with van der Waals surface area (Å²) in [6.45, 7) is 4.44. The Bertz CT molecular complexity index is 812. The first-order chi connectivity index (χ1) is 12.1. The fraction of sp³-hybridized carbons (Fsp3) is 0.375. The van der Waals surface area contributed by atoms with Gasteiger partial charge < -0.3 is 9.47 Å². The molecule has 0 aliphatic carbocycles. The lowest BCUT2D eigenvalue weighted by atomic mass is 10.1. The number of amides is 1.